The molecule has 2 aromatic carbocycles. The maximum atomic E-state index is 11.3. The van der Waals surface area contributed by atoms with Gasteiger partial charge in [-0.2, -0.15) is 0 Å². The van der Waals surface area contributed by atoms with E-state index < -0.39 is 4.92 Å². The standard InChI is InChI=1S/C19H20N2O8/c1-25-16-6-5-12(8-15(16)21(23)24)7-14(11-29-20-22)13-9-17(26-2)19(28-4)18(10-13)27-3/h5-10H,11H2,1-4H3/b14-7-. The molecule has 154 valence electrons. The van der Waals surface area contributed by atoms with Crippen LogP contribution >= 0.6 is 0 Å². The number of methoxy groups -OCH3 is 4. The zero-order chi connectivity index (χ0) is 21.4. The topological polar surface area (TPSA) is 119 Å². The molecule has 0 aliphatic carbocycles. The van der Waals surface area contributed by atoms with Crippen LogP contribution < -0.4 is 18.9 Å². The van der Waals surface area contributed by atoms with E-state index in [1.807, 2.05) is 0 Å². The van der Waals surface area contributed by atoms with E-state index in [0.29, 0.717) is 33.9 Å². The Morgan fingerprint density at radius 1 is 1.00 bits per heavy atom. The van der Waals surface area contributed by atoms with Crippen LogP contribution in [0.3, 0.4) is 0 Å². The summed E-state index contributed by atoms with van der Waals surface area (Å²) in [5.41, 5.74) is 1.39. The molecule has 0 amide bonds. The van der Waals surface area contributed by atoms with E-state index in [1.165, 1.54) is 40.6 Å². The van der Waals surface area contributed by atoms with Crippen molar-refractivity contribution in [2.75, 3.05) is 35.0 Å². The highest BCUT2D eigenvalue weighted by Gasteiger charge is 2.18. The number of hydrogen-bond donors (Lipinski definition) is 0. The fourth-order valence-electron chi connectivity index (χ4n) is 2.71. The van der Waals surface area contributed by atoms with Gasteiger partial charge in [-0.1, -0.05) is 6.07 Å². The normalized spacial score (nSPS) is 10.8. The Bertz CT molecular complexity index is 901. The van der Waals surface area contributed by atoms with Crippen molar-refractivity contribution in [2.24, 2.45) is 5.34 Å². The summed E-state index contributed by atoms with van der Waals surface area (Å²) in [5, 5.41) is 13.7. The number of nitro benzene ring substituents is 1. The SMILES string of the molecule is COc1ccc(/C=C(/CON=O)c2cc(OC)c(OC)c(OC)c2)cc1[N+](=O)[O-]. The lowest BCUT2D eigenvalue weighted by atomic mass is 10.0. The Morgan fingerprint density at radius 3 is 2.10 bits per heavy atom. The molecule has 0 aliphatic rings. The van der Waals surface area contributed by atoms with Gasteiger partial charge in [-0.25, -0.2) is 0 Å². The van der Waals surface area contributed by atoms with Gasteiger partial charge >= 0.3 is 5.69 Å². The second kappa shape index (κ2) is 9.93. The van der Waals surface area contributed by atoms with Crippen molar-refractivity contribution < 1.29 is 28.7 Å². The fourth-order valence-corrected chi connectivity index (χ4v) is 2.71. The van der Waals surface area contributed by atoms with Gasteiger partial charge in [0, 0.05) is 11.6 Å². The number of benzene rings is 2. The fraction of sp³-hybridized carbons (Fsp3) is 0.263. The highest BCUT2D eigenvalue weighted by Crippen LogP contribution is 2.40. The summed E-state index contributed by atoms with van der Waals surface area (Å²) < 4.78 is 21.0. The van der Waals surface area contributed by atoms with Crippen molar-refractivity contribution in [3.05, 3.63) is 56.5 Å². The summed E-state index contributed by atoms with van der Waals surface area (Å²) in [7, 11) is 5.77. The minimum absolute atomic E-state index is 0.132. The Labute approximate surface area is 166 Å². The molecule has 10 nitrogen and oxygen atoms in total. The Hall–Kier alpha value is -3.82. The van der Waals surface area contributed by atoms with Crippen molar-refractivity contribution in [1.29, 1.82) is 0 Å². The zero-order valence-electron chi connectivity index (χ0n) is 16.3. The van der Waals surface area contributed by atoms with E-state index in [-0.39, 0.29) is 18.0 Å². The van der Waals surface area contributed by atoms with E-state index in [2.05, 4.69) is 10.2 Å². The molecule has 0 radical (unpaired) electrons. The smallest absolute Gasteiger partial charge is 0.311 e. The van der Waals surface area contributed by atoms with E-state index in [0.717, 1.165) is 0 Å². The summed E-state index contributed by atoms with van der Waals surface area (Å²) in [4.78, 5) is 25.9. The van der Waals surface area contributed by atoms with Crippen molar-refractivity contribution in [3.8, 4) is 23.0 Å². The van der Waals surface area contributed by atoms with Crippen molar-refractivity contribution in [1.82, 2.24) is 0 Å². The Morgan fingerprint density at radius 2 is 1.62 bits per heavy atom. The predicted molar refractivity (Wildman–Crippen MR) is 105 cm³/mol. The average Bonchev–Trinajstić information content (AvgIpc) is 2.75. The van der Waals surface area contributed by atoms with E-state index in [1.54, 1.807) is 24.3 Å². The van der Waals surface area contributed by atoms with Crippen molar-refractivity contribution >= 4 is 17.3 Å². The Balaban J connectivity index is 2.62. The van der Waals surface area contributed by atoms with Gasteiger partial charge in [-0.15, -0.1) is 4.91 Å². The molecule has 0 spiro atoms. The van der Waals surface area contributed by atoms with Crippen LogP contribution in [0, 0.1) is 15.0 Å². The minimum atomic E-state index is -0.543. The lowest BCUT2D eigenvalue weighted by molar-refractivity contribution is -0.385. The van der Waals surface area contributed by atoms with Crippen molar-refractivity contribution in [2.45, 2.75) is 0 Å². The van der Waals surface area contributed by atoms with Gasteiger partial charge in [0.15, 0.2) is 22.6 Å². The zero-order valence-corrected chi connectivity index (χ0v) is 16.3. The molecule has 0 heterocycles. The molecule has 0 bridgehead atoms. The largest absolute Gasteiger partial charge is 0.493 e. The second-order valence-corrected chi connectivity index (χ2v) is 5.62. The van der Waals surface area contributed by atoms with Crippen molar-refractivity contribution in [3.63, 3.8) is 0 Å². The van der Waals surface area contributed by atoms with Gasteiger partial charge in [0.2, 0.25) is 5.75 Å². The quantitative estimate of drug-likeness (QED) is 0.253. The second-order valence-electron chi connectivity index (χ2n) is 5.62. The number of nitro groups is 1. The number of ether oxygens (including phenoxy) is 4. The molecule has 0 fully saturated rings. The third kappa shape index (κ3) is 4.92. The lowest BCUT2D eigenvalue weighted by Crippen LogP contribution is -2.00. The van der Waals surface area contributed by atoms with Crippen LogP contribution in [0.15, 0.2) is 35.7 Å². The first kappa shape index (κ1) is 21.5. The molecule has 2 aromatic rings. The predicted octanol–water partition coefficient (Wildman–Crippen LogP) is 3.87. The molecular weight excluding hydrogens is 384 g/mol. The van der Waals surface area contributed by atoms with Crippen LogP contribution in [0.2, 0.25) is 0 Å². The molecule has 0 unspecified atom stereocenters. The van der Waals surface area contributed by atoms with Gasteiger partial charge in [0.1, 0.15) is 6.61 Å². The van der Waals surface area contributed by atoms with Crippen LogP contribution in [0.25, 0.3) is 11.6 Å². The lowest BCUT2D eigenvalue weighted by Gasteiger charge is -2.15. The van der Waals surface area contributed by atoms with Gasteiger partial charge in [-0.3, -0.25) is 10.1 Å². The molecule has 0 saturated carbocycles. The summed E-state index contributed by atoms with van der Waals surface area (Å²) in [6, 6.07) is 7.80. The molecule has 29 heavy (non-hydrogen) atoms. The third-order valence-electron chi connectivity index (χ3n) is 4.05. The molecule has 2 rings (SSSR count). The van der Waals surface area contributed by atoms with Crippen LogP contribution in [-0.4, -0.2) is 40.0 Å². The van der Waals surface area contributed by atoms with Crippen LogP contribution in [0.1, 0.15) is 11.1 Å². The minimum Gasteiger partial charge on any atom is -0.493 e. The molecule has 0 atom stereocenters. The van der Waals surface area contributed by atoms with Gasteiger partial charge in [0.25, 0.3) is 0 Å². The van der Waals surface area contributed by atoms with Crippen LogP contribution in [-0.2, 0) is 4.84 Å². The van der Waals surface area contributed by atoms with Gasteiger partial charge in [0.05, 0.1) is 33.4 Å². The highest BCUT2D eigenvalue weighted by molar-refractivity contribution is 5.84. The molecule has 0 N–H and O–H groups in total. The first-order valence-corrected chi connectivity index (χ1v) is 8.27. The maximum Gasteiger partial charge on any atom is 0.311 e. The number of hydrogen-bond acceptors (Lipinski definition) is 9. The van der Waals surface area contributed by atoms with Crippen LogP contribution in [0.4, 0.5) is 5.69 Å². The first-order chi connectivity index (χ1) is 14.0. The van der Waals surface area contributed by atoms with Gasteiger partial charge in [-0.05, 0) is 35.4 Å². The van der Waals surface area contributed by atoms with E-state index >= 15 is 0 Å². The summed E-state index contributed by atoms with van der Waals surface area (Å²) in [6.45, 7) is -0.179. The van der Waals surface area contributed by atoms with Gasteiger partial charge < -0.3 is 23.8 Å². The molecule has 0 aromatic heterocycles. The summed E-state index contributed by atoms with van der Waals surface area (Å²) in [6.07, 6.45) is 1.62. The van der Waals surface area contributed by atoms with E-state index in [4.69, 9.17) is 18.9 Å². The third-order valence-corrected chi connectivity index (χ3v) is 4.05. The number of rotatable bonds is 10. The molecular formula is C19H20N2O8. The molecule has 0 saturated heterocycles. The average molecular weight is 404 g/mol. The monoisotopic (exact) mass is 404 g/mol. The summed E-state index contributed by atoms with van der Waals surface area (Å²) in [5.74, 6) is 1.32. The molecule has 10 heteroatoms. The summed E-state index contributed by atoms with van der Waals surface area (Å²) >= 11 is 0. The highest BCUT2D eigenvalue weighted by atomic mass is 16.7. The number of nitrogens with zero attached hydrogens (tertiary/aromatic N) is 2. The molecule has 0 aliphatic heterocycles. The Kier molecular flexibility index (Phi) is 7.35. The maximum absolute atomic E-state index is 11.3. The van der Waals surface area contributed by atoms with Crippen LogP contribution in [0.5, 0.6) is 23.0 Å². The first-order valence-electron chi connectivity index (χ1n) is 8.27. The van der Waals surface area contributed by atoms with E-state index in [9.17, 15) is 15.0 Å².